The van der Waals surface area contributed by atoms with Crippen LogP contribution in [0.25, 0.3) is 0 Å². The Balaban J connectivity index is -0.000000107. The first-order valence-corrected chi connectivity index (χ1v) is 2.56. The average Bonchev–Trinajstić information content (AvgIpc) is 1.68. The average molecular weight is 158 g/mol. The predicted molar refractivity (Wildman–Crippen MR) is 29.4 cm³/mol. The molecule has 0 aromatic heterocycles. The molecule has 56 valence electrons. The molecule has 5 heteroatoms. The summed E-state index contributed by atoms with van der Waals surface area (Å²) >= 11 is 0. The van der Waals surface area contributed by atoms with Crippen LogP contribution in [0.4, 0.5) is 0 Å². The van der Waals surface area contributed by atoms with Gasteiger partial charge >= 0.3 is 29.6 Å². The number of aliphatic carboxylic acids is 1. The zero-order valence-corrected chi connectivity index (χ0v) is 8.50. The zero-order chi connectivity index (χ0) is 7.86. The van der Waals surface area contributed by atoms with E-state index in [9.17, 15) is 9.90 Å². The first-order chi connectivity index (χ1) is 4.06. The molecule has 0 spiro atoms. The number of hydrogen-bond acceptors (Lipinski definition) is 4. The first-order valence-electron chi connectivity index (χ1n) is 2.56. The van der Waals surface area contributed by atoms with Gasteiger partial charge in [0.25, 0.3) is 0 Å². The minimum atomic E-state index is -1.44. The summed E-state index contributed by atoms with van der Waals surface area (Å²) in [6.07, 6.45) is -1.34. The van der Waals surface area contributed by atoms with Crippen LogP contribution >= 0.6 is 0 Å². The van der Waals surface area contributed by atoms with E-state index in [0.717, 1.165) is 6.92 Å². The quantitative estimate of drug-likeness (QED) is 0.375. The number of hydrogen-bond donors (Lipinski definition) is 2. The van der Waals surface area contributed by atoms with E-state index < -0.39 is 12.1 Å². The summed E-state index contributed by atoms with van der Waals surface area (Å²) in [7, 11) is 0. The number of carboxylic acids is 1. The molecule has 0 amide bonds. The van der Waals surface area contributed by atoms with E-state index in [2.05, 4.69) is 0 Å². The van der Waals surface area contributed by atoms with E-state index in [4.69, 9.17) is 10.2 Å². The summed E-state index contributed by atoms with van der Waals surface area (Å²) in [6.45, 7) is 3.06. The molecule has 4 nitrogen and oxygen atoms in total. The predicted octanol–water partition coefficient (Wildman–Crippen LogP) is -4.88. The number of carboxylic acid groups (broad SMARTS) is 1. The normalized spacial score (nSPS) is 10.0. The van der Waals surface area contributed by atoms with Crippen LogP contribution in [0.5, 0.6) is 0 Å². The Hall–Kier alpha value is 0.390. The van der Waals surface area contributed by atoms with E-state index in [1.807, 2.05) is 0 Å². The van der Waals surface area contributed by atoms with Crippen LogP contribution < -0.4 is 34.7 Å². The van der Waals surface area contributed by atoms with E-state index in [0.29, 0.717) is 0 Å². The Morgan fingerprint density at radius 2 is 1.80 bits per heavy atom. The van der Waals surface area contributed by atoms with Gasteiger partial charge in [-0.3, -0.25) is 0 Å². The van der Waals surface area contributed by atoms with Crippen LogP contribution in [0.1, 0.15) is 13.8 Å². The number of carbonyl (C=O) groups excluding carboxylic acids is 1. The van der Waals surface area contributed by atoms with Gasteiger partial charge in [0, 0.05) is 6.61 Å². The molecular weight excluding hydrogens is 147 g/mol. The van der Waals surface area contributed by atoms with Gasteiger partial charge in [0.05, 0.1) is 12.1 Å². The van der Waals surface area contributed by atoms with Crippen LogP contribution in [0.15, 0.2) is 0 Å². The van der Waals surface area contributed by atoms with Gasteiger partial charge in [0.2, 0.25) is 0 Å². The smallest absolute Gasteiger partial charge is 0.547 e. The fourth-order valence-electron chi connectivity index (χ4n) is 0. The summed E-state index contributed by atoms with van der Waals surface area (Å²) in [4.78, 5) is 9.34. The standard InChI is InChI=1S/C3H6O3.C2H6O.Na/c1-2(4)3(5)6;1-2-3;/h2,4H,1H3,(H,5,6);3H,2H2,1H3;/q;;+1/p-1. The second-order valence-electron chi connectivity index (χ2n) is 1.31. The van der Waals surface area contributed by atoms with Crippen molar-refractivity contribution >= 4 is 5.97 Å². The van der Waals surface area contributed by atoms with Crippen molar-refractivity contribution in [3.8, 4) is 0 Å². The van der Waals surface area contributed by atoms with Crippen molar-refractivity contribution < 1.29 is 49.7 Å². The Kier molecular flexibility index (Phi) is 20.3. The minimum Gasteiger partial charge on any atom is -0.547 e. The SMILES string of the molecule is CC(O)C(=O)[O-].CCO.[Na+]. The topological polar surface area (TPSA) is 80.6 Å². The van der Waals surface area contributed by atoms with E-state index in [1.165, 1.54) is 0 Å². The maximum atomic E-state index is 9.34. The fraction of sp³-hybridized carbons (Fsp3) is 0.800. The molecule has 0 aliphatic carbocycles. The van der Waals surface area contributed by atoms with Crippen molar-refractivity contribution in [1.82, 2.24) is 0 Å². The zero-order valence-electron chi connectivity index (χ0n) is 6.50. The first kappa shape index (κ1) is 16.8. The molecule has 0 aliphatic heterocycles. The molecule has 0 heterocycles. The Bertz CT molecular complexity index is 74.0. The van der Waals surface area contributed by atoms with Crippen molar-refractivity contribution in [2.24, 2.45) is 0 Å². The van der Waals surface area contributed by atoms with Crippen LogP contribution in [-0.2, 0) is 4.79 Å². The molecular formula is C5H11NaO4. The molecule has 10 heavy (non-hydrogen) atoms. The molecule has 0 aromatic rings. The molecule has 1 atom stereocenters. The maximum Gasteiger partial charge on any atom is 1.00 e. The molecule has 1 unspecified atom stereocenters. The third-order valence-electron chi connectivity index (χ3n) is 0.341. The molecule has 0 rings (SSSR count). The van der Waals surface area contributed by atoms with E-state index in [-0.39, 0.29) is 36.2 Å². The van der Waals surface area contributed by atoms with Crippen molar-refractivity contribution in [2.45, 2.75) is 20.0 Å². The number of aliphatic hydroxyl groups excluding tert-OH is 2. The second-order valence-corrected chi connectivity index (χ2v) is 1.31. The minimum absolute atomic E-state index is 0. The van der Waals surface area contributed by atoms with Gasteiger partial charge in [-0.25, -0.2) is 0 Å². The van der Waals surface area contributed by atoms with Crippen molar-refractivity contribution in [3.05, 3.63) is 0 Å². The monoisotopic (exact) mass is 158 g/mol. The molecule has 0 bridgehead atoms. The van der Waals surface area contributed by atoms with Crippen molar-refractivity contribution in [3.63, 3.8) is 0 Å². The van der Waals surface area contributed by atoms with Gasteiger partial charge < -0.3 is 20.1 Å². The number of aliphatic hydroxyl groups is 2. The van der Waals surface area contributed by atoms with E-state index in [1.54, 1.807) is 6.92 Å². The third kappa shape index (κ3) is 23.8. The summed E-state index contributed by atoms with van der Waals surface area (Å²) < 4.78 is 0. The Labute approximate surface area is 82.2 Å². The molecule has 0 saturated heterocycles. The van der Waals surface area contributed by atoms with Gasteiger partial charge in [0.1, 0.15) is 0 Å². The molecule has 2 N–H and O–H groups in total. The summed E-state index contributed by atoms with van der Waals surface area (Å²) in [5.41, 5.74) is 0. The molecule has 0 saturated carbocycles. The molecule has 0 aromatic carbocycles. The van der Waals surface area contributed by atoms with Gasteiger partial charge in [-0.1, -0.05) is 0 Å². The summed E-state index contributed by atoms with van der Waals surface area (Å²) in [5, 5.41) is 24.9. The van der Waals surface area contributed by atoms with E-state index >= 15 is 0 Å². The summed E-state index contributed by atoms with van der Waals surface area (Å²) in [6, 6.07) is 0. The maximum absolute atomic E-state index is 9.34. The Morgan fingerprint density at radius 3 is 1.80 bits per heavy atom. The molecule has 0 radical (unpaired) electrons. The third-order valence-corrected chi connectivity index (χ3v) is 0.341. The summed E-state index contributed by atoms with van der Waals surface area (Å²) in [5.74, 6) is -1.44. The number of rotatable bonds is 1. The number of carbonyl (C=O) groups is 1. The van der Waals surface area contributed by atoms with Crippen molar-refractivity contribution in [1.29, 1.82) is 0 Å². The largest absolute Gasteiger partial charge is 1.00 e. The van der Waals surface area contributed by atoms with Crippen molar-refractivity contribution in [2.75, 3.05) is 6.61 Å². The van der Waals surface area contributed by atoms with Gasteiger partial charge in [-0.2, -0.15) is 0 Å². The molecule has 0 aliphatic rings. The van der Waals surface area contributed by atoms with Gasteiger partial charge in [0.15, 0.2) is 0 Å². The van der Waals surface area contributed by atoms with Crippen LogP contribution in [0.2, 0.25) is 0 Å². The van der Waals surface area contributed by atoms with Crippen LogP contribution in [0.3, 0.4) is 0 Å². The van der Waals surface area contributed by atoms with Gasteiger partial charge in [-0.15, -0.1) is 0 Å². The van der Waals surface area contributed by atoms with Crippen LogP contribution in [0, 0.1) is 0 Å². The molecule has 0 fully saturated rings. The second kappa shape index (κ2) is 12.1. The fourth-order valence-corrected chi connectivity index (χ4v) is 0. The van der Waals surface area contributed by atoms with Gasteiger partial charge in [-0.05, 0) is 13.8 Å². The van der Waals surface area contributed by atoms with Crippen LogP contribution in [-0.4, -0.2) is 28.9 Å². The Morgan fingerprint density at radius 1 is 1.70 bits per heavy atom.